The predicted octanol–water partition coefficient (Wildman–Crippen LogP) is 4.11. The molecule has 1 atom stereocenters. The van der Waals surface area contributed by atoms with E-state index < -0.39 is 22.6 Å². The van der Waals surface area contributed by atoms with Crippen molar-refractivity contribution in [3.8, 4) is 0 Å². The highest BCUT2D eigenvalue weighted by molar-refractivity contribution is 6.09. The molecule has 0 bridgehead atoms. The number of Topliss-reactive ketones (excluding diaryl/α,β-unsaturated/α-hetero) is 1. The van der Waals surface area contributed by atoms with Crippen LogP contribution in [0.5, 0.6) is 0 Å². The van der Waals surface area contributed by atoms with Crippen LogP contribution in [0.1, 0.15) is 37.4 Å². The Balaban J connectivity index is 2.09. The van der Waals surface area contributed by atoms with Gasteiger partial charge in [-0.25, -0.2) is 0 Å². The lowest BCUT2D eigenvalue weighted by molar-refractivity contribution is -0.384. The van der Waals surface area contributed by atoms with Crippen LogP contribution in [-0.4, -0.2) is 26.6 Å². The number of rotatable bonds is 7. The average Bonchev–Trinajstić information content (AvgIpc) is 2.93. The van der Waals surface area contributed by atoms with Gasteiger partial charge in [0.2, 0.25) is 0 Å². The molecule has 1 N–H and O–H groups in total. The van der Waals surface area contributed by atoms with Crippen LogP contribution in [0.4, 0.5) is 5.69 Å². The number of non-ortho nitro benzene ring substituents is 1. The zero-order chi connectivity index (χ0) is 21.1. The highest BCUT2D eigenvalue weighted by atomic mass is 16.6. The largest absolute Gasteiger partial charge is 0.503 e. The zero-order valence-electron chi connectivity index (χ0n) is 16.2. The number of carbonyl (C=O) groups excluding carboxylic acids is 2. The summed E-state index contributed by atoms with van der Waals surface area (Å²) in [5.74, 6) is -1.54. The molecule has 0 aliphatic carbocycles. The van der Waals surface area contributed by atoms with Crippen molar-refractivity contribution in [1.29, 1.82) is 0 Å². The van der Waals surface area contributed by atoms with E-state index in [1.165, 1.54) is 23.1 Å². The number of nitrogens with zero attached hydrogens (tertiary/aromatic N) is 2. The van der Waals surface area contributed by atoms with Gasteiger partial charge >= 0.3 is 0 Å². The molecule has 1 heterocycles. The fraction of sp³-hybridized carbons (Fsp3) is 0.273. The highest BCUT2D eigenvalue weighted by Crippen LogP contribution is 2.40. The standard InChI is InChI=1S/C22H22N2O5/c1-14(2)11-18(25)19-20(16-9-6-10-17(12-16)24(28)29)23(22(27)21(19)26)13-15-7-4-3-5-8-15/h3-10,12,14,20,26H,11,13H2,1-2H3/t20-/m1/s1. The molecule has 0 unspecified atom stereocenters. The molecule has 7 nitrogen and oxygen atoms in total. The lowest BCUT2D eigenvalue weighted by Gasteiger charge is -2.27. The second-order valence-corrected chi connectivity index (χ2v) is 7.46. The number of aliphatic hydroxyl groups is 1. The molecule has 0 spiro atoms. The molecule has 0 fully saturated rings. The Kier molecular flexibility index (Phi) is 5.77. The minimum atomic E-state index is -0.881. The first-order valence-corrected chi connectivity index (χ1v) is 9.35. The Hall–Kier alpha value is -3.48. The highest BCUT2D eigenvalue weighted by Gasteiger charge is 2.43. The number of aliphatic hydroxyl groups excluding tert-OH is 1. The minimum Gasteiger partial charge on any atom is -0.503 e. The summed E-state index contributed by atoms with van der Waals surface area (Å²) in [6.07, 6.45) is 0.164. The monoisotopic (exact) mass is 394 g/mol. The van der Waals surface area contributed by atoms with E-state index >= 15 is 0 Å². The van der Waals surface area contributed by atoms with Gasteiger partial charge in [0.05, 0.1) is 16.5 Å². The molecule has 0 saturated heterocycles. The first-order chi connectivity index (χ1) is 13.8. The van der Waals surface area contributed by atoms with Gasteiger partial charge in [0.1, 0.15) is 0 Å². The fourth-order valence-electron chi connectivity index (χ4n) is 3.52. The molecule has 0 saturated carbocycles. The van der Waals surface area contributed by atoms with Crippen molar-refractivity contribution in [2.45, 2.75) is 32.9 Å². The number of benzene rings is 2. The molecule has 150 valence electrons. The van der Waals surface area contributed by atoms with Crippen LogP contribution < -0.4 is 0 Å². The van der Waals surface area contributed by atoms with Gasteiger partial charge in [0.25, 0.3) is 11.6 Å². The fourth-order valence-corrected chi connectivity index (χ4v) is 3.52. The Morgan fingerprint density at radius 2 is 1.86 bits per heavy atom. The molecule has 0 radical (unpaired) electrons. The van der Waals surface area contributed by atoms with Crippen molar-refractivity contribution in [2.24, 2.45) is 5.92 Å². The van der Waals surface area contributed by atoms with Crippen LogP contribution in [0.15, 0.2) is 65.9 Å². The zero-order valence-corrected chi connectivity index (χ0v) is 16.2. The quantitative estimate of drug-likeness (QED) is 0.563. The molecular weight excluding hydrogens is 372 g/mol. The van der Waals surface area contributed by atoms with Crippen LogP contribution in [0, 0.1) is 16.0 Å². The normalized spacial score (nSPS) is 16.6. The summed E-state index contributed by atoms with van der Waals surface area (Å²) in [6.45, 7) is 3.91. The number of nitro groups is 1. The number of amides is 1. The van der Waals surface area contributed by atoms with Crippen molar-refractivity contribution >= 4 is 17.4 Å². The molecule has 1 aliphatic rings. The third-order valence-electron chi connectivity index (χ3n) is 4.79. The van der Waals surface area contributed by atoms with Gasteiger partial charge in [-0.05, 0) is 17.0 Å². The maximum Gasteiger partial charge on any atom is 0.290 e. The topological polar surface area (TPSA) is 101 Å². The molecule has 2 aromatic carbocycles. The summed E-state index contributed by atoms with van der Waals surface area (Å²) in [6, 6.07) is 14.1. The lowest BCUT2D eigenvalue weighted by Crippen LogP contribution is -2.30. The summed E-state index contributed by atoms with van der Waals surface area (Å²) >= 11 is 0. The molecular formula is C22H22N2O5. The summed E-state index contributed by atoms with van der Waals surface area (Å²) < 4.78 is 0. The summed E-state index contributed by atoms with van der Waals surface area (Å²) in [5.41, 5.74) is 1.10. The van der Waals surface area contributed by atoms with Crippen LogP contribution in [0.3, 0.4) is 0 Å². The molecule has 1 aliphatic heterocycles. The summed E-state index contributed by atoms with van der Waals surface area (Å²) in [7, 11) is 0. The summed E-state index contributed by atoms with van der Waals surface area (Å²) in [5, 5.41) is 21.8. The van der Waals surface area contributed by atoms with Gasteiger partial charge in [-0.2, -0.15) is 0 Å². The van der Waals surface area contributed by atoms with Gasteiger partial charge in [-0.15, -0.1) is 0 Å². The van der Waals surface area contributed by atoms with Gasteiger partial charge in [-0.1, -0.05) is 56.3 Å². The van der Waals surface area contributed by atoms with Gasteiger partial charge in [0, 0.05) is 25.1 Å². The molecule has 0 aromatic heterocycles. The first kappa shape index (κ1) is 20.3. The van der Waals surface area contributed by atoms with E-state index in [0.717, 1.165) is 5.56 Å². The van der Waals surface area contributed by atoms with E-state index in [1.54, 1.807) is 6.07 Å². The average molecular weight is 394 g/mol. The van der Waals surface area contributed by atoms with Crippen molar-refractivity contribution in [1.82, 2.24) is 4.90 Å². The minimum absolute atomic E-state index is 0.000120. The lowest BCUT2D eigenvalue weighted by atomic mass is 9.92. The van der Waals surface area contributed by atoms with E-state index in [4.69, 9.17) is 0 Å². The summed E-state index contributed by atoms with van der Waals surface area (Å²) in [4.78, 5) is 37.8. The number of nitro benzene ring substituents is 1. The van der Waals surface area contributed by atoms with Crippen molar-refractivity contribution in [2.75, 3.05) is 0 Å². The third kappa shape index (κ3) is 4.18. The third-order valence-corrected chi connectivity index (χ3v) is 4.79. The van der Waals surface area contributed by atoms with Crippen LogP contribution in [-0.2, 0) is 16.1 Å². The number of hydrogen-bond acceptors (Lipinski definition) is 5. The second-order valence-electron chi connectivity index (χ2n) is 7.46. The maximum atomic E-state index is 12.9. The van der Waals surface area contributed by atoms with E-state index in [0.29, 0.717) is 5.56 Å². The number of ketones is 1. The van der Waals surface area contributed by atoms with E-state index in [-0.39, 0.29) is 35.9 Å². The Morgan fingerprint density at radius 3 is 2.48 bits per heavy atom. The van der Waals surface area contributed by atoms with E-state index in [2.05, 4.69) is 0 Å². The Morgan fingerprint density at radius 1 is 1.17 bits per heavy atom. The van der Waals surface area contributed by atoms with E-state index in [1.807, 2.05) is 44.2 Å². The number of hydrogen-bond donors (Lipinski definition) is 1. The van der Waals surface area contributed by atoms with Crippen LogP contribution in [0.25, 0.3) is 0 Å². The van der Waals surface area contributed by atoms with Gasteiger partial charge < -0.3 is 10.0 Å². The molecule has 3 rings (SSSR count). The molecule has 29 heavy (non-hydrogen) atoms. The molecule has 7 heteroatoms. The van der Waals surface area contributed by atoms with Crippen molar-refractivity contribution in [3.63, 3.8) is 0 Å². The first-order valence-electron chi connectivity index (χ1n) is 9.35. The molecule has 1 amide bonds. The SMILES string of the molecule is CC(C)CC(=O)C1=C(O)C(=O)N(Cc2ccccc2)[C@@H]1c1cccc([N+](=O)[O-])c1. The second kappa shape index (κ2) is 8.26. The Labute approximate surface area is 168 Å². The number of carbonyl (C=O) groups is 2. The van der Waals surface area contributed by atoms with Crippen molar-refractivity contribution in [3.05, 3.63) is 87.2 Å². The van der Waals surface area contributed by atoms with Gasteiger partial charge in [0.15, 0.2) is 11.5 Å². The van der Waals surface area contributed by atoms with Gasteiger partial charge in [-0.3, -0.25) is 19.7 Å². The van der Waals surface area contributed by atoms with Crippen LogP contribution in [0.2, 0.25) is 0 Å². The smallest absolute Gasteiger partial charge is 0.290 e. The molecule has 2 aromatic rings. The van der Waals surface area contributed by atoms with E-state index in [9.17, 15) is 24.8 Å². The maximum absolute atomic E-state index is 12.9. The van der Waals surface area contributed by atoms with Crippen LogP contribution >= 0.6 is 0 Å². The predicted molar refractivity (Wildman–Crippen MR) is 107 cm³/mol. The Bertz CT molecular complexity index is 982. The van der Waals surface area contributed by atoms with Crippen molar-refractivity contribution < 1.29 is 19.6 Å².